The highest BCUT2D eigenvalue weighted by Crippen LogP contribution is 2.25. The molecule has 0 radical (unpaired) electrons. The molecule has 2 rings (SSSR count). The first-order valence-corrected chi connectivity index (χ1v) is 6.13. The third-order valence-electron chi connectivity index (χ3n) is 3.06. The summed E-state index contributed by atoms with van der Waals surface area (Å²) in [5, 5.41) is 0. The van der Waals surface area contributed by atoms with Gasteiger partial charge >= 0.3 is 0 Å². The molecule has 0 heterocycles. The Hall–Kier alpha value is -2.13. The van der Waals surface area contributed by atoms with Crippen LogP contribution >= 0.6 is 0 Å². The highest BCUT2D eigenvalue weighted by Gasteiger charge is 2.21. The zero-order valence-electron chi connectivity index (χ0n) is 11.1. The maximum Gasteiger partial charge on any atom is 0.187 e. The SMILES string of the molecule is COc1ccc(C)cc1C(=O)C(N)c1ccccc1. The van der Waals surface area contributed by atoms with Gasteiger partial charge in [0.15, 0.2) is 5.78 Å². The Morgan fingerprint density at radius 1 is 1.16 bits per heavy atom. The number of nitrogens with two attached hydrogens (primary N) is 1. The van der Waals surface area contributed by atoms with Crippen LogP contribution in [0.15, 0.2) is 48.5 Å². The molecule has 2 aromatic rings. The summed E-state index contributed by atoms with van der Waals surface area (Å²) in [6.45, 7) is 1.93. The van der Waals surface area contributed by atoms with Gasteiger partial charge in [-0.3, -0.25) is 4.79 Å². The molecule has 0 amide bonds. The Bertz CT molecular complexity index is 579. The number of benzene rings is 2. The summed E-state index contributed by atoms with van der Waals surface area (Å²) in [5.41, 5.74) is 8.37. The third-order valence-corrected chi connectivity index (χ3v) is 3.06. The van der Waals surface area contributed by atoms with Crippen LogP contribution in [0, 0.1) is 6.92 Å². The van der Waals surface area contributed by atoms with Gasteiger partial charge in [-0.05, 0) is 24.6 Å². The number of methoxy groups -OCH3 is 1. The summed E-state index contributed by atoms with van der Waals surface area (Å²) in [7, 11) is 1.55. The molecule has 19 heavy (non-hydrogen) atoms. The van der Waals surface area contributed by atoms with Crippen LogP contribution in [-0.4, -0.2) is 12.9 Å². The summed E-state index contributed by atoms with van der Waals surface area (Å²) >= 11 is 0. The molecule has 0 aliphatic heterocycles. The molecule has 1 atom stereocenters. The molecule has 0 saturated carbocycles. The van der Waals surface area contributed by atoms with Gasteiger partial charge in [0, 0.05) is 0 Å². The zero-order chi connectivity index (χ0) is 13.8. The van der Waals surface area contributed by atoms with Crippen molar-refractivity contribution in [2.24, 2.45) is 5.73 Å². The summed E-state index contributed by atoms with van der Waals surface area (Å²) in [6, 6.07) is 14.2. The highest BCUT2D eigenvalue weighted by atomic mass is 16.5. The van der Waals surface area contributed by atoms with Crippen LogP contribution < -0.4 is 10.5 Å². The lowest BCUT2D eigenvalue weighted by atomic mass is 9.96. The molecule has 0 aliphatic rings. The van der Waals surface area contributed by atoms with Crippen molar-refractivity contribution < 1.29 is 9.53 Å². The van der Waals surface area contributed by atoms with Crippen LogP contribution in [0.1, 0.15) is 27.5 Å². The number of hydrogen-bond donors (Lipinski definition) is 1. The molecule has 2 N–H and O–H groups in total. The molecule has 0 spiro atoms. The number of Topliss-reactive ketones (excluding diaryl/α,β-unsaturated/α-hetero) is 1. The fraction of sp³-hybridized carbons (Fsp3) is 0.188. The number of ether oxygens (including phenoxy) is 1. The molecule has 0 aromatic heterocycles. The minimum atomic E-state index is -0.670. The number of ketones is 1. The van der Waals surface area contributed by atoms with Crippen LogP contribution in [0.5, 0.6) is 5.75 Å². The van der Waals surface area contributed by atoms with E-state index < -0.39 is 6.04 Å². The van der Waals surface area contributed by atoms with E-state index in [-0.39, 0.29) is 5.78 Å². The number of rotatable bonds is 4. The topological polar surface area (TPSA) is 52.3 Å². The number of carbonyl (C=O) groups excluding carboxylic acids is 1. The molecule has 0 aliphatic carbocycles. The maximum atomic E-state index is 12.5. The van der Waals surface area contributed by atoms with Gasteiger partial charge in [0.1, 0.15) is 5.75 Å². The minimum Gasteiger partial charge on any atom is -0.496 e. The molecule has 0 fully saturated rings. The van der Waals surface area contributed by atoms with Crippen LogP contribution in [0.4, 0.5) is 0 Å². The Labute approximate surface area is 113 Å². The van der Waals surface area contributed by atoms with E-state index in [0.717, 1.165) is 11.1 Å². The Kier molecular flexibility index (Phi) is 3.97. The van der Waals surface area contributed by atoms with E-state index in [2.05, 4.69) is 0 Å². The molecule has 1 unspecified atom stereocenters. The molecule has 3 heteroatoms. The van der Waals surface area contributed by atoms with E-state index in [0.29, 0.717) is 11.3 Å². The molecular weight excluding hydrogens is 238 g/mol. The fourth-order valence-electron chi connectivity index (χ4n) is 1.99. The minimum absolute atomic E-state index is 0.133. The summed E-state index contributed by atoms with van der Waals surface area (Å²) < 4.78 is 5.23. The zero-order valence-corrected chi connectivity index (χ0v) is 11.1. The van der Waals surface area contributed by atoms with Crippen LogP contribution in [0.25, 0.3) is 0 Å². The van der Waals surface area contributed by atoms with Gasteiger partial charge in [0.05, 0.1) is 18.7 Å². The number of hydrogen-bond acceptors (Lipinski definition) is 3. The second kappa shape index (κ2) is 5.67. The van der Waals surface area contributed by atoms with E-state index in [9.17, 15) is 4.79 Å². The van der Waals surface area contributed by atoms with Crippen molar-refractivity contribution in [1.29, 1.82) is 0 Å². The van der Waals surface area contributed by atoms with Gasteiger partial charge in [-0.1, -0.05) is 42.0 Å². The Morgan fingerprint density at radius 2 is 1.84 bits per heavy atom. The monoisotopic (exact) mass is 255 g/mol. The standard InChI is InChI=1S/C16H17NO2/c1-11-8-9-14(19-2)13(10-11)16(18)15(17)12-6-4-3-5-7-12/h3-10,15H,17H2,1-2H3. The lowest BCUT2D eigenvalue weighted by molar-refractivity contribution is 0.0958. The second-order valence-electron chi connectivity index (χ2n) is 4.46. The van der Waals surface area contributed by atoms with Gasteiger partial charge in [-0.2, -0.15) is 0 Å². The summed E-state index contributed by atoms with van der Waals surface area (Å²) in [4.78, 5) is 12.5. The van der Waals surface area contributed by atoms with Gasteiger partial charge in [0.2, 0.25) is 0 Å². The lowest BCUT2D eigenvalue weighted by Gasteiger charge is -2.14. The van der Waals surface area contributed by atoms with Crippen molar-refractivity contribution in [3.8, 4) is 5.75 Å². The predicted molar refractivity (Wildman–Crippen MR) is 75.4 cm³/mol. The Morgan fingerprint density at radius 3 is 2.47 bits per heavy atom. The molecule has 3 nitrogen and oxygen atoms in total. The molecule has 0 bridgehead atoms. The molecule has 0 saturated heterocycles. The quantitative estimate of drug-likeness (QED) is 0.855. The average molecular weight is 255 g/mol. The van der Waals surface area contributed by atoms with Gasteiger partial charge in [-0.25, -0.2) is 0 Å². The van der Waals surface area contributed by atoms with Crippen molar-refractivity contribution in [3.05, 3.63) is 65.2 Å². The normalized spacial score (nSPS) is 11.9. The first-order valence-electron chi connectivity index (χ1n) is 6.13. The predicted octanol–water partition coefficient (Wildman–Crippen LogP) is 2.89. The van der Waals surface area contributed by atoms with Crippen LogP contribution in [0.2, 0.25) is 0 Å². The summed E-state index contributed by atoms with van der Waals surface area (Å²) in [5.74, 6) is 0.425. The van der Waals surface area contributed by atoms with Gasteiger partial charge in [0.25, 0.3) is 0 Å². The lowest BCUT2D eigenvalue weighted by Crippen LogP contribution is -2.22. The number of aryl methyl sites for hydroxylation is 1. The largest absolute Gasteiger partial charge is 0.496 e. The van der Waals surface area contributed by atoms with Gasteiger partial charge < -0.3 is 10.5 Å². The third kappa shape index (κ3) is 2.83. The van der Waals surface area contributed by atoms with E-state index >= 15 is 0 Å². The van der Waals surface area contributed by atoms with Crippen molar-refractivity contribution in [2.75, 3.05) is 7.11 Å². The van der Waals surface area contributed by atoms with E-state index in [1.165, 1.54) is 0 Å². The van der Waals surface area contributed by atoms with Crippen molar-refractivity contribution in [3.63, 3.8) is 0 Å². The van der Waals surface area contributed by atoms with E-state index in [1.54, 1.807) is 13.2 Å². The van der Waals surface area contributed by atoms with Crippen LogP contribution in [0.3, 0.4) is 0 Å². The Balaban J connectivity index is 2.37. The molecule has 2 aromatic carbocycles. The second-order valence-corrected chi connectivity index (χ2v) is 4.46. The smallest absolute Gasteiger partial charge is 0.187 e. The maximum absolute atomic E-state index is 12.5. The van der Waals surface area contributed by atoms with E-state index in [4.69, 9.17) is 10.5 Å². The summed E-state index contributed by atoms with van der Waals surface area (Å²) in [6.07, 6.45) is 0. The highest BCUT2D eigenvalue weighted by molar-refractivity contribution is 6.02. The molecule has 98 valence electrons. The van der Waals surface area contributed by atoms with Crippen molar-refractivity contribution in [2.45, 2.75) is 13.0 Å². The first-order chi connectivity index (χ1) is 9.13. The van der Waals surface area contributed by atoms with E-state index in [1.807, 2.05) is 49.4 Å². The van der Waals surface area contributed by atoms with Gasteiger partial charge in [-0.15, -0.1) is 0 Å². The van der Waals surface area contributed by atoms with Crippen molar-refractivity contribution in [1.82, 2.24) is 0 Å². The average Bonchev–Trinajstić information content (AvgIpc) is 2.46. The fourth-order valence-corrected chi connectivity index (χ4v) is 1.99. The molecular formula is C16H17NO2. The van der Waals surface area contributed by atoms with Crippen LogP contribution in [-0.2, 0) is 0 Å². The van der Waals surface area contributed by atoms with Crippen molar-refractivity contribution >= 4 is 5.78 Å². The number of carbonyl (C=O) groups is 1. The first kappa shape index (κ1) is 13.3.